The molecule has 0 spiro atoms. The quantitative estimate of drug-likeness (QED) is 0.465. The molecular formula is C23H23N3O3S. The van der Waals surface area contributed by atoms with Gasteiger partial charge in [-0.3, -0.25) is 9.10 Å². The predicted octanol–water partition coefficient (Wildman–Crippen LogP) is 3.81. The van der Waals surface area contributed by atoms with Crippen molar-refractivity contribution in [2.24, 2.45) is 5.10 Å². The van der Waals surface area contributed by atoms with Gasteiger partial charge in [0.2, 0.25) is 10.0 Å². The molecule has 154 valence electrons. The van der Waals surface area contributed by atoms with Gasteiger partial charge in [-0.05, 0) is 42.3 Å². The highest BCUT2D eigenvalue weighted by Gasteiger charge is 2.17. The van der Waals surface area contributed by atoms with E-state index in [4.69, 9.17) is 0 Å². The van der Waals surface area contributed by atoms with E-state index >= 15 is 0 Å². The number of sulfonamides is 1. The maximum absolute atomic E-state index is 12.4. The number of hydrogen-bond acceptors (Lipinski definition) is 4. The Morgan fingerprint density at radius 3 is 2.00 bits per heavy atom. The summed E-state index contributed by atoms with van der Waals surface area (Å²) in [7, 11) is -3.45. The van der Waals surface area contributed by atoms with Crippen molar-refractivity contribution in [3.8, 4) is 0 Å². The van der Waals surface area contributed by atoms with Crippen LogP contribution in [0.4, 0.5) is 5.69 Å². The Labute approximate surface area is 176 Å². The van der Waals surface area contributed by atoms with E-state index in [2.05, 4.69) is 10.5 Å². The van der Waals surface area contributed by atoms with Crippen molar-refractivity contribution in [3.05, 3.63) is 102 Å². The number of carbonyl (C=O) groups is 1. The Balaban J connectivity index is 1.70. The number of nitrogens with one attached hydrogen (secondary N) is 1. The number of para-hydroxylation sites is 1. The first-order valence-electron chi connectivity index (χ1n) is 9.36. The van der Waals surface area contributed by atoms with Crippen LogP contribution in [0, 0.1) is 0 Å². The van der Waals surface area contributed by atoms with Gasteiger partial charge in [0, 0.05) is 5.56 Å². The Morgan fingerprint density at radius 2 is 1.43 bits per heavy atom. The monoisotopic (exact) mass is 421 g/mol. The summed E-state index contributed by atoms with van der Waals surface area (Å²) in [4.78, 5) is 12.4. The number of benzene rings is 3. The Morgan fingerprint density at radius 1 is 0.867 bits per heavy atom. The summed E-state index contributed by atoms with van der Waals surface area (Å²) < 4.78 is 25.8. The highest BCUT2D eigenvalue weighted by molar-refractivity contribution is 7.92. The second kappa shape index (κ2) is 9.37. The lowest BCUT2D eigenvalue weighted by Gasteiger charge is -2.22. The summed E-state index contributed by atoms with van der Waals surface area (Å²) in [6.45, 7) is 2.00. The van der Waals surface area contributed by atoms with Crippen molar-refractivity contribution in [1.82, 2.24) is 5.43 Å². The molecule has 0 radical (unpaired) electrons. The van der Waals surface area contributed by atoms with E-state index in [0.29, 0.717) is 17.0 Å². The SMILES string of the molecule is CC(=NNC(=O)c1ccc(CN(c2ccccc2)S(C)(=O)=O)cc1)c1ccccc1. The molecule has 7 heteroatoms. The number of rotatable bonds is 7. The summed E-state index contributed by atoms with van der Waals surface area (Å²) in [6, 6.07) is 25.3. The van der Waals surface area contributed by atoms with Gasteiger partial charge in [-0.2, -0.15) is 5.10 Å². The van der Waals surface area contributed by atoms with Crippen LogP contribution in [0.3, 0.4) is 0 Å². The molecule has 0 atom stereocenters. The largest absolute Gasteiger partial charge is 0.271 e. The van der Waals surface area contributed by atoms with Crippen molar-refractivity contribution in [2.45, 2.75) is 13.5 Å². The fraction of sp³-hybridized carbons (Fsp3) is 0.130. The van der Waals surface area contributed by atoms with Gasteiger partial charge in [0.25, 0.3) is 5.91 Å². The van der Waals surface area contributed by atoms with E-state index in [9.17, 15) is 13.2 Å². The molecular weight excluding hydrogens is 398 g/mol. The van der Waals surface area contributed by atoms with E-state index in [1.165, 1.54) is 10.6 Å². The number of nitrogens with zero attached hydrogens (tertiary/aromatic N) is 2. The average Bonchev–Trinajstić information content (AvgIpc) is 2.76. The second-order valence-corrected chi connectivity index (χ2v) is 8.71. The molecule has 1 amide bonds. The van der Waals surface area contributed by atoms with Crippen LogP contribution in [0.2, 0.25) is 0 Å². The Hall–Kier alpha value is -3.45. The summed E-state index contributed by atoms with van der Waals surface area (Å²) in [5, 5.41) is 4.14. The first kappa shape index (κ1) is 21.3. The molecule has 0 unspecified atom stereocenters. The van der Waals surface area contributed by atoms with E-state index in [1.807, 2.05) is 43.3 Å². The van der Waals surface area contributed by atoms with Crippen molar-refractivity contribution in [1.29, 1.82) is 0 Å². The summed E-state index contributed by atoms with van der Waals surface area (Å²) >= 11 is 0. The molecule has 0 heterocycles. The van der Waals surface area contributed by atoms with Gasteiger partial charge in [0.15, 0.2) is 0 Å². The van der Waals surface area contributed by atoms with E-state index in [0.717, 1.165) is 11.1 Å². The van der Waals surface area contributed by atoms with Crippen LogP contribution in [0.1, 0.15) is 28.4 Å². The molecule has 3 rings (SSSR count). The van der Waals surface area contributed by atoms with E-state index < -0.39 is 10.0 Å². The minimum Gasteiger partial charge on any atom is -0.267 e. The van der Waals surface area contributed by atoms with Gasteiger partial charge < -0.3 is 0 Å². The molecule has 0 aliphatic carbocycles. The van der Waals surface area contributed by atoms with Crippen molar-refractivity contribution in [2.75, 3.05) is 10.6 Å². The molecule has 1 N–H and O–H groups in total. The molecule has 0 saturated carbocycles. The average molecular weight is 422 g/mol. The highest BCUT2D eigenvalue weighted by Crippen LogP contribution is 2.20. The number of carbonyl (C=O) groups excluding carboxylic acids is 1. The molecule has 30 heavy (non-hydrogen) atoms. The molecule has 0 aliphatic rings. The Kier molecular flexibility index (Phi) is 6.64. The lowest BCUT2D eigenvalue weighted by atomic mass is 10.1. The minimum atomic E-state index is -3.45. The van der Waals surface area contributed by atoms with Crippen molar-refractivity contribution >= 4 is 27.3 Å². The first-order valence-corrected chi connectivity index (χ1v) is 11.2. The third-order valence-corrected chi connectivity index (χ3v) is 5.64. The number of hydrazone groups is 1. The first-order chi connectivity index (χ1) is 14.3. The van der Waals surface area contributed by atoms with Gasteiger partial charge in [-0.25, -0.2) is 13.8 Å². The third kappa shape index (κ3) is 5.55. The molecule has 3 aromatic carbocycles. The van der Waals surface area contributed by atoms with Gasteiger partial charge in [0.1, 0.15) is 0 Å². The van der Waals surface area contributed by atoms with E-state index in [1.54, 1.807) is 48.5 Å². The van der Waals surface area contributed by atoms with Crippen LogP contribution in [-0.4, -0.2) is 26.3 Å². The zero-order valence-corrected chi connectivity index (χ0v) is 17.6. The predicted molar refractivity (Wildman–Crippen MR) is 120 cm³/mol. The molecule has 3 aromatic rings. The standard InChI is InChI=1S/C23H23N3O3S/c1-18(20-9-5-3-6-10-20)24-25-23(27)21-15-13-19(14-16-21)17-26(30(2,28)29)22-11-7-4-8-12-22/h3-16H,17H2,1-2H3,(H,25,27). The fourth-order valence-corrected chi connectivity index (χ4v) is 3.75. The third-order valence-electron chi connectivity index (χ3n) is 4.50. The molecule has 6 nitrogen and oxygen atoms in total. The minimum absolute atomic E-state index is 0.177. The van der Waals surface area contributed by atoms with Gasteiger partial charge in [-0.1, -0.05) is 60.7 Å². The number of amides is 1. The van der Waals surface area contributed by atoms with Gasteiger partial charge >= 0.3 is 0 Å². The maximum Gasteiger partial charge on any atom is 0.271 e. The topological polar surface area (TPSA) is 78.8 Å². The summed E-state index contributed by atoms with van der Waals surface area (Å²) in [6.07, 6.45) is 1.18. The summed E-state index contributed by atoms with van der Waals surface area (Å²) in [5.74, 6) is -0.333. The molecule has 0 aromatic heterocycles. The van der Waals surface area contributed by atoms with Crippen molar-refractivity contribution in [3.63, 3.8) is 0 Å². The van der Waals surface area contributed by atoms with Crippen LogP contribution in [0.5, 0.6) is 0 Å². The molecule has 0 saturated heterocycles. The second-order valence-electron chi connectivity index (χ2n) is 6.81. The fourth-order valence-electron chi connectivity index (χ4n) is 2.86. The molecule has 0 fully saturated rings. The van der Waals surface area contributed by atoms with Crippen LogP contribution >= 0.6 is 0 Å². The lowest BCUT2D eigenvalue weighted by molar-refractivity contribution is 0.0955. The Bertz CT molecular complexity index is 1130. The van der Waals surface area contributed by atoms with E-state index in [-0.39, 0.29) is 12.5 Å². The highest BCUT2D eigenvalue weighted by atomic mass is 32.2. The molecule has 0 bridgehead atoms. The van der Waals surface area contributed by atoms with Crippen LogP contribution < -0.4 is 9.73 Å². The number of hydrogen-bond donors (Lipinski definition) is 1. The van der Waals surface area contributed by atoms with Crippen LogP contribution in [-0.2, 0) is 16.6 Å². The van der Waals surface area contributed by atoms with Crippen LogP contribution in [0.15, 0.2) is 90.0 Å². The molecule has 0 aliphatic heterocycles. The van der Waals surface area contributed by atoms with Gasteiger partial charge in [0.05, 0.1) is 24.2 Å². The zero-order chi connectivity index (χ0) is 21.6. The van der Waals surface area contributed by atoms with Crippen LogP contribution in [0.25, 0.3) is 0 Å². The zero-order valence-electron chi connectivity index (χ0n) is 16.8. The van der Waals surface area contributed by atoms with Gasteiger partial charge in [-0.15, -0.1) is 0 Å². The summed E-state index contributed by atoms with van der Waals surface area (Å²) in [5.41, 5.74) is 5.97. The lowest BCUT2D eigenvalue weighted by Crippen LogP contribution is -2.29. The normalized spacial score (nSPS) is 11.7. The number of anilines is 1. The maximum atomic E-state index is 12.4. The van der Waals surface area contributed by atoms with Crippen molar-refractivity contribution < 1.29 is 13.2 Å². The smallest absolute Gasteiger partial charge is 0.267 e.